The van der Waals surface area contributed by atoms with E-state index in [1.54, 1.807) is 7.11 Å². The predicted molar refractivity (Wildman–Crippen MR) is 132 cm³/mol. The molecule has 0 heterocycles. The van der Waals surface area contributed by atoms with E-state index in [2.05, 4.69) is 22.8 Å². The van der Waals surface area contributed by atoms with Gasteiger partial charge >= 0.3 is 12.1 Å². The minimum absolute atomic E-state index is 0.0795. The number of nitrogens with one attached hydrogen (secondary N) is 2. The number of carbonyl (C=O) groups is 3. The van der Waals surface area contributed by atoms with E-state index in [9.17, 15) is 14.4 Å². The molecule has 0 bridgehead atoms. The Bertz CT molecular complexity index is 992. The fourth-order valence-electron chi connectivity index (χ4n) is 4.41. The van der Waals surface area contributed by atoms with Crippen LogP contribution in [-0.4, -0.2) is 55.5 Å². The van der Waals surface area contributed by atoms with Gasteiger partial charge in [-0.2, -0.15) is 0 Å². The third kappa shape index (κ3) is 6.82. The van der Waals surface area contributed by atoms with E-state index in [0.29, 0.717) is 19.4 Å². The molecular formula is C27H34N2O6. The number of hydrogen-bond acceptors (Lipinski definition) is 5. The van der Waals surface area contributed by atoms with Crippen LogP contribution in [0.25, 0.3) is 11.1 Å². The van der Waals surface area contributed by atoms with Crippen LogP contribution in [0.1, 0.15) is 50.2 Å². The molecule has 8 nitrogen and oxygen atoms in total. The van der Waals surface area contributed by atoms with Gasteiger partial charge < -0.3 is 25.2 Å². The molecule has 1 aliphatic rings. The van der Waals surface area contributed by atoms with Gasteiger partial charge in [-0.05, 0) is 41.0 Å². The van der Waals surface area contributed by atoms with E-state index < -0.39 is 30.1 Å². The van der Waals surface area contributed by atoms with Crippen LogP contribution in [-0.2, 0) is 19.1 Å². The highest BCUT2D eigenvalue weighted by atomic mass is 16.5. The summed E-state index contributed by atoms with van der Waals surface area (Å²) in [5.41, 5.74) is 4.47. The third-order valence-electron chi connectivity index (χ3n) is 6.32. The van der Waals surface area contributed by atoms with Crippen molar-refractivity contribution in [3.8, 4) is 11.1 Å². The first kappa shape index (κ1) is 26.2. The monoisotopic (exact) mass is 482 g/mol. The lowest BCUT2D eigenvalue weighted by molar-refractivity contribution is -0.138. The number of fused-ring (bicyclic) bond motifs is 3. The van der Waals surface area contributed by atoms with Gasteiger partial charge in [-0.15, -0.1) is 0 Å². The van der Waals surface area contributed by atoms with Crippen molar-refractivity contribution in [2.24, 2.45) is 5.92 Å². The van der Waals surface area contributed by atoms with Crippen molar-refractivity contribution in [1.82, 2.24) is 10.6 Å². The van der Waals surface area contributed by atoms with Crippen LogP contribution in [0.5, 0.6) is 0 Å². The van der Waals surface area contributed by atoms with Crippen LogP contribution < -0.4 is 10.6 Å². The fraction of sp³-hybridized carbons (Fsp3) is 0.444. The first-order valence-corrected chi connectivity index (χ1v) is 11.9. The average Bonchev–Trinajstić information content (AvgIpc) is 3.15. The number of carbonyl (C=O) groups excluding carboxylic acids is 2. The van der Waals surface area contributed by atoms with Gasteiger partial charge in [0.1, 0.15) is 12.6 Å². The Morgan fingerprint density at radius 1 is 0.971 bits per heavy atom. The van der Waals surface area contributed by atoms with Gasteiger partial charge in [-0.1, -0.05) is 62.4 Å². The highest BCUT2D eigenvalue weighted by Crippen LogP contribution is 2.44. The molecule has 0 fully saturated rings. The molecule has 2 aromatic rings. The normalized spacial score (nSPS) is 14.1. The number of hydrogen-bond donors (Lipinski definition) is 3. The summed E-state index contributed by atoms with van der Waals surface area (Å²) in [7, 11) is 1.57. The number of amides is 2. The molecule has 35 heavy (non-hydrogen) atoms. The maximum atomic E-state index is 12.9. The molecule has 3 N–H and O–H groups in total. The quantitative estimate of drug-likeness (QED) is 0.395. The van der Waals surface area contributed by atoms with Gasteiger partial charge in [0, 0.05) is 25.7 Å². The summed E-state index contributed by atoms with van der Waals surface area (Å²) in [6, 6.07) is 14.7. The van der Waals surface area contributed by atoms with Crippen LogP contribution in [0.2, 0.25) is 0 Å². The maximum Gasteiger partial charge on any atom is 0.407 e. The summed E-state index contributed by atoms with van der Waals surface area (Å²) in [4.78, 5) is 36.9. The molecule has 0 radical (unpaired) electrons. The number of ether oxygens (including phenoxy) is 2. The van der Waals surface area contributed by atoms with Crippen LogP contribution in [0.15, 0.2) is 48.5 Å². The van der Waals surface area contributed by atoms with E-state index in [4.69, 9.17) is 14.6 Å². The molecule has 8 heteroatoms. The van der Waals surface area contributed by atoms with Crippen molar-refractivity contribution in [3.63, 3.8) is 0 Å². The lowest BCUT2D eigenvalue weighted by Gasteiger charge is -2.25. The minimum atomic E-state index is -0.996. The molecule has 0 saturated carbocycles. The largest absolute Gasteiger partial charge is 0.481 e. The number of aliphatic carboxylic acids is 1. The number of carboxylic acid groups (broad SMARTS) is 1. The van der Waals surface area contributed by atoms with Crippen molar-refractivity contribution in [2.75, 3.05) is 20.3 Å². The Morgan fingerprint density at radius 3 is 2.11 bits per heavy atom. The molecule has 0 saturated heterocycles. The van der Waals surface area contributed by atoms with Gasteiger partial charge in [0.2, 0.25) is 5.91 Å². The van der Waals surface area contributed by atoms with Crippen LogP contribution in [0, 0.1) is 5.92 Å². The van der Waals surface area contributed by atoms with Gasteiger partial charge in [0.25, 0.3) is 0 Å². The summed E-state index contributed by atoms with van der Waals surface area (Å²) in [6.07, 6.45) is -0.00603. The van der Waals surface area contributed by atoms with Crippen molar-refractivity contribution < 1.29 is 29.0 Å². The van der Waals surface area contributed by atoms with E-state index >= 15 is 0 Å². The van der Waals surface area contributed by atoms with E-state index in [1.165, 1.54) is 0 Å². The predicted octanol–water partition coefficient (Wildman–Crippen LogP) is 3.94. The molecule has 3 rings (SSSR count). The molecule has 2 atom stereocenters. The standard InChI is InChI=1S/C27H34N2O6/c1-17(2)24(15-25(30)31)28-26(32)23(13-8-14-34-3)29-27(33)35-16-22-20-11-6-4-9-18(20)19-10-5-7-12-21(19)22/h4-7,9-12,17,22-24H,8,13-16H2,1-3H3,(H,28,32)(H,29,33)(H,30,31)/t23?,24-/m1/s1. The zero-order valence-corrected chi connectivity index (χ0v) is 20.5. The molecule has 2 aromatic carbocycles. The molecule has 0 spiro atoms. The van der Waals surface area contributed by atoms with E-state index in [-0.39, 0.29) is 24.9 Å². The minimum Gasteiger partial charge on any atom is -0.481 e. The molecule has 0 aromatic heterocycles. The summed E-state index contributed by atoms with van der Waals surface area (Å²) < 4.78 is 10.7. The van der Waals surface area contributed by atoms with Crippen molar-refractivity contribution in [1.29, 1.82) is 0 Å². The van der Waals surface area contributed by atoms with Crippen molar-refractivity contribution in [3.05, 3.63) is 59.7 Å². The molecular weight excluding hydrogens is 448 g/mol. The van der Waals surface area contributed by atoms with Gasteiger partial charge in [0.05, 0.1) is 6.42 Å². The Morgan fingerprint density at radius 2 is 1.57 bits per heavy atom. The lowest BCUT2D eigenvalue weighted by atomic mass is 9.98. The molecule has 188 valence electrons. The zero-order valence-electron chi connectivity index (χ0n) is 20.5. The van der Waals surface area contributed by atoms with E-state index in [1.807, 2.05) is 50.2 Å². The lowest BCUT2D eigenvalue weighted by Crippen LogP contribution is -2.51. The molecule has 2 amide bonds. The van der Waals surface area contributed by atoms with Crippen LogP contribution >= 0.6 is 0 Å². The zero-order chi connectivity index (χ0) is 25.4. The highest BCUT2D eigenvalue weighted by Gasteiger charge is 2.30. The molecule has 0 aliphatic heterocycles. The second-order valence-electron chi connectivity index (χ2n) is 9.11. The third-order valence-corrected chi connectivity index (χ3v) is 6.32. The second kappa shape index (κ2) is 12.4. The van der Waals surface area contributed by atoms with Crippen LogP contribution in [0.4, 0.5) is 4.79 Å². The van der Waals surface area contributed by atoms with E-state index in [0.717, 1.165) is 22.3 Å². The summed E-state index contributed by atoms with van der Waals surface area (Å²) in [6.45, 7) is 4.25. The number of methoxy groups -OCH3 is 1. The highest BCUT2D eigenvalue weighted by molar-refractivity contribution is 5.86. The number of carboxylic acids is 1. The van der Waals surface area contributed by atoms with Crippen molar-refractivity contribution in [2.45, 2.75) is 51.1 Å². The Kier molecular flexibility index (Phi) is 9.25. The number of rotatable bonds is 12. The first-order chi connectivity index (χ1) is 16.8. The Hall–Kier alpha value is -3.39. The topological polar surface area (TPSA) is 114 Å². The number of alkyl carbamates (subject to hydrolysis) is 1. The van der Waals surface area contributed by atoms with Crippen molar-refractivity contribution >= 4 is 18.0 Å². The smallest absolute Gasteiger partial charge is 0.407 e. The maximum absolute atomic E-state index is 12.9. The summed E-state index contributed by atoms with van der Waals surface area (Å²) in [5.74, 6) is -1.60. The Labute approximate surface area is 206 Å². The summed E-state index contributed by atoms with van der Waals surface area (Å²) in [5, 5.41) is 14.6. The summed E-state index contributed by atoms with van der Waals surface area (Å²) >= 11 is 0. The molecule has 1 aliphatic carbocycles. The SMILES string of the molecule is COCCCC(NC(=O)OCC1c2ccccc2-c2ccccc21)C(=O)N[C@H](CC(=O)O)C(C)C. The molecule has 1 unspecified atom stereocenters. The first-order valence-electron chi connectivity index (χ1n) is 11.9. The fourth-order valence-corrected chi connectivity index (χ4v) is 4.41. The van der Waals surface area contributed by atoms with Crippen LogP contribution in [0.3, 0.4) is 0 Å². The number of benzene rings is 2. The van der Waals surface area contributed by atoms with Gasteiger partial charge in [0.15, 0.2) is 0 Å². The average molecular weight is 483 g/mol. The second-order valence-corrected chi connectivity index (χ2v) is 9.11. The van der Waals surface area contributed by atoms with Gasteiger partial charge in [-0.25, -0.2) is 4.79 Å². The van der Waals surface area contributed by atoms with Gasteiger partial charge in [-0.3, -0.25) is 9.59 Å². The Balaban J connectivity index is 1.65.